The summed E-state index contributed by atoms with van der Waals surface area (Å²) in [5.41, 5.74) is 8.15. The minimum atomic E-state index is -0.409. The fraction of sp³-hybridized carbons (Fsp3) is 0.417. The van der Waals surface area contributed by atoms with E-state index in [4.69, 9.17) is 5.73 Å². The molecule has 2 N–H and O–H groups in total. The van der Waals surface area contributed by atoms with Gasteiger partial charge in [0.15, 0.2) is 0 Å². The second-order valence-electron chi connectivity index (χ2n) is 4.18. The Bertz CT molecular complexity index is 417. The number of fused-ring (bicyclic) bond motifs is 1. The van der Waals surface area contributed by atoms with Crippen LogP contribution in [0.5, 0.6) is 0 Å². The molecule has 0 aliphatic carbocycles. The van der Waals surface area contributed by atoms with Gasteiger partial charge in [-0.25, -0.2) is 0 Å². The molecule has 1 aromatic carbocycles. The number of rotatable bonds is 1. The SMILES string of the molecule is C[C@@H](N)C(=O)N1CCc2c(Br)cccc2C1. The van der Waals surface area contributed by atoms with E-state index in [-0.39, 0.29) is 5.91 Å². The van der Waals surface area contributed by atoms with E-state index in [9.17, 15) is 4.79 Å². The van der Waals surface area contributed by atoms with Crippen molar-refractivity contribution in [1.82, 2.24) is 4.90 Å². The van der Waals surface area contributed by atoms with Gasteiger partial charge in [0, 0.05) is 17.6 Å². The fourth-order valence-electron chi connectivity index (χ4n) is 2.04. The minimum absolute atomic E-state index is 0.0330. The maximum absolute atomic E-state index is 11.8. The highest BCUT2D eigenvalue weighted by molar-refractivity contribution is 9.10. The summed E-state index contributed by atoms with van der Waals surface area (Å²) in [5.74, 6) is 0.0330. The summed E-state index contributed by atoms with van der Waals surface area (Å²) in [6.07, 6.45) is 0.898. The van der Waals surface area contributed by atoms with E-state index >= 15 is 0 Å². The van der Waals surface area contributed by atoms with Crippen LogP contribution in [0.2, 0.25) is 0 Å². The zero-order valence-corrected chi connectivity index (χ0v) is 10.8. The highest BCUT2D eigenvalue weighted by Crippen LogP contribution is 2.26. The zero-order valence-electron chi connectivity index (χ0n) is 9.24. The van der Waals surface area contributed by atoms with Crippen LogP contribution in [0, 0.1) is 0 Å². The monoisotopic (exact) mass is 282 g/mol. The lowest BCUT2D eigenvalue weighted by Gasteiger charge is -2.30. The maximum atomic E-state index is 11.8. The summed E-state index contributed by atoms with van der Waals surface area (Å²) in [5, 5.41) is 0. The zero-order chi connectivity index (χ0) is 11.7. The average Bonchev–Trinajstić information content (AvgIpc) is 2.28. The Morgan fingerprint density at radius 2 is 2.31 bits per heavy atom. The van der Waals surface area contributed by atoms with Crippen LogP contribution in [0.4, 0.5) is 0 Å². The van der Waals surface area contributed by atoms with Crippen LogP contribution in [0.1, 0.15) is 18.1 Å². The van der Waals surface area contributed by atoms with Gasteiger partial charge < -0.3 is 10.6 Å². The Hall–Kier alpha value is -0.870. The molecule has 1 amide bonds. The molecule has 0 fully saturated rings. The van der Waals surface area contributed by atoms with Gasteiger partial charge in [-0.05, 0) is 30.5 Å². The molecule has 0 bridgehead atoms. The first-order chi connectivity index (χ1) is 7.59. The van der Waals surface area contributed by atoms with E-state index in [1.807, 2.05) is 17.0 Å². The molecule has 0 saturated heterocycles. The van der Waals surface area contributed by atoms with Gasteiger partial charge in [-0.15, -0.1) is 0 Å². The molecule has 0 spiro atoms. The van der Waals surface area contributed by atoms with E-state index in [1.54, 1.807) is 6.92 Å². The smallest absolute Gasteiger partial charge is 0.239 e. The van der Waals surface area contributed by atoms with Crippen LogP contribution in [-0.4, -0.2) is 23.4 Å². The Labute approximate surface area is 104 Å². The first-order valence-electron chi connectivity index (χ1n) is 5.40. The molecule has 0 unspecified atom stereocenters. The Morgan fingerprint density at radius 3 is 3.00 bits per heavy atom. The first-order valence-corrected chi connectivity index (χ1v) is 6.19. The van der Waals surface area contributed by atoms with Gasteiger partial charge in [0.1, 0.15) is 0 Å². The molecule has 86 valence electrons. The number of halogens is 1. The fourth-order valence-corrected chi connectivity index (χ4v) is 2.64. The molecule has 0 radical (unpaired) electrons. The minimum Gasteiger partial charge on any atom is -0.337 e. The third kappa shape index (κ3) is 2.13. The normalized spacial score (nSPS) is 16.8. The van der Waals surface area contributed by atoms with Crippen LogP contribution in [0.25, 0.3) is 0 Å². The van der Waals surface area contributed by atoms with Crippen LogP contribution in [0.3, 0.4) is 0 Å². The lowest BCUT2D eigenvalue weighted by molar-refractivity contribution is -0.133. The van der Waals surface area contributed by atoms with Gasteiger partial charge in [0.25, 0.3) is 0 Å². The van der Waals surface area contributed by atoms with Gasteiger partial charge in [-0.3, -0.25) is 4.79 Å². The molecule has 1 atom stereocenters. The largest absolute Gasteiger partial charge is 0.337 e. The molecule has 4 heteroatoms. The van der Waals surface area contributed by atoms with E-state index in [2.05, 4.69) is 22.0 Å². The predicted molar refractivity (Wildman–Crippen MR) is 66.9 cm³/mol. The predicted octanol–water partition coefficient (Wildman–Crippen LogP) is 1.68. The Balaban J connectivity index is 2.21. The second-order valence-corrected chi connectivity index (χ2v) is 5.03. The number of nitrogens with two attached hydrogens (primary N) is 1. The van der Waals surface area contributed by atoms with Gasteiger partial charge in [-0.2, -0.15) is 0 Å². The third-order valence-electron chi connectivity index (χ3n) is 2.91. The first kappa shape index (κ1) is 11.6. The molecule has 1 heterocycles. The summed E-state index contributed by atoms with van der Waals surface area (Å²) >= 11 is 3.54. The third-order valence-corrected chi connectivity index (χ3v) is 3.65. The molecular formula is C12H15BrN2O. The Kier molecular flexibility index (Phi) is 3.30. The van der Waals surface area contributed by atoms with Crippen molar-refractivity contribution in [2.45, 2.75) is 25.9 Å². The van der Waals surface area contributed by atoms with Crippen molar-refractivity contribution in [2.75, 3.05) is 6.54 Å². The number of nitrogens with zero attached hydrogens (tertiary/aromatic N) is 1. The molecule has 1 aromatic rings. The highest BCUT2D eigenvalue weighted by atomic mass is 79.9. The van der Waals surface area contributed by atoms with Gasteiger partial charge in [0.2, 0.25) is 5.91 Å². The van der Waals surface area contributed by atoms with Crippen LogP contribution >= 0.6 is 15.9 Å². The number of carbonyl (C=O) groups excluding carboxylic acids is 1. The topological polar surface area (TPSA) is 46.3 Å². The standard InChI is InChI=1S/C12H15BrN2O/c1-8(14)12(16)15-6-5-10-9(7-15)3-2-4-11(10)13/h2-4,8H,5-7,14H2,1H3/t8-/m1/s1. The van der Waals surface area contributed by atoms with Gasteiger partial charge in [-0.1, -0.05) is 28.1 Å². The summed E-state index contributed by atoms with van der Waals surface area (Å²) in [6.45, 7) is 3.17. The molecule has 16 heavy (non-hydrogen) atoms. The van der Waals surface area contributed by atoms with Crippen LogP contribution < -0.4 is 5.73 Å². The van der Waals surface area contributed by atoms with E-state index in [0.29, 0.717) is 6.54 Å². The summed E-state index contributed by atoms with van der Waals surface area (Å²) in [7, 11) is 0. The molecule has 3 nitrogen and oxygen atoms in total. The van der Waals surface area contributed by atoms with Crippen LogP contribution in [0.15, 0.2) is 22.7 Å². The molecule has 0 aromatic heterocycles. The molecular weight excluding hydrogens is 268 g/mol. The quantitative estimate of drug-likeness (QED) is 0.852. The van der Waals surface area contributed by atoms with Crippen molar-refractivity contribution in [3.8, 4) is 0 Å². The highest BCUT2D eigenvalue weighted by Gasteiger charge is 2.23. The maximum Gasteiger partial charge on any atom is 0.239 e. The molecule has 1 aliphatic rings. The molecule has 0 saturated carbocycles. The number of hydrogen-bond acceptors (Lipinski definition) is 2. The van der Waals surface area contributed by atoms with E-state index in [1.165, 1.54) is 11.1 Å². The van der Waals surface area contributed by atoms with E-state index < -0.39 is 6.04 Å². The van der Waals surface area contributed by atoms with Crippen molar-refractivity contribution in [2.24, 2.45) is 5.73 Å². The van der Waals surface area contributed by atoms with Crippen molar-refractivity contribution in [3.63, 3.8) is 0 Å². The lowest BCUT2D eigenvalue weighted by atomic mass is 9.99. The van der Waals surface area contributed by atoms with Gasteiger partial charge in [0.05, 0.1) is 6.04 Å². The number of amides is 1. The van der Waals surface area contributed by atoms with Crippen molar-refractivity contribution < 1.29 is 4.79 Å². The number of benzene rings is 1. The summed E-state index contributed by atoms with van der Waals surface area (Å²) in [4.78, 5) is 13.6. The van der Waals surface area contributed by atoms with E-state index in [0.717, 1.165) is 17.4 Å². The van der Waals surface area contributed by atoms with Crippen LogP contribution in [-0.2, 0) is 17.8 Å². The van der Waals surface area contributed by atoms with Crippen molar-refractivity contribution >= 4 is 21.8 Å². The lowest BCUT2D eigenvalue weighted by Crippen LogP contribution is -2.44. The Morgan fingerprint density at radius 1 is 1.56 bits per heavy atom. The van der Waals surface area contributed by atoms with Crippen molar-refractivity contribution in [1.29, 1.82) is 0 Å². The van der Waals surface area contributed by atoms with Crippen molar-refractivity contribution in [3.05, 3.63) is 33.8 Å². The van der Waals surface area contributed by atoms with Gasteiger partial charge >= 0.3 is 0 Å². The molecule has 1 aliphatic heterocycles. The molecule has 2 rings (SSSR count). The summed E-state index contributed by atoms with van der Waals surface area (Å²) in [6, 6.07) is 5.71. The number of hydrogen-bond donors (Lipinski definition) is 1. The average molecular weight is 283 g/mol. The number of carbonyl (C=O) groups is 1. The second kappa shape index (κ2) is 4.55. The summed E-state index contributed by atoms with van der Waals surface area (Å²) < 4.78 is 1.14.